The van der Waals surface area contributed by atoms with Gasteiger partial charge in [0.1, 0.15) is 5.82 Å². The molecule has 1 atom stereocenters. The summed E-state index contributed by atoms with van der Waals surface area (Å²) in [5.74, 6) is -0.951. The Morgan fingerprint density at radius 1 is 1.14 bits per heavy atom. The molecular weight excluding hydrogens is 383 g/mol. The van der Waals surface area contributed by atoms with Gasteiger partial charge in [0.05, 0.1) is 18.8 Å². The van der Waals surface area contributed by atoms with Gasteiger partial charge < -0.3 is 5.32 Å². The van der Waals surface area contributed by atoms with Crippen molar-refractivity contribution in [2.24, 2.45) is 0 Å². The quantitative estimate of drug-likeness (QED) is 0.550. The van der Waals surface area contributed by atoms with E-state index in [1.54, 1.807) is 19.2 Å². The number of nitrogens with zero attached hydrogens (tertiary/aromatic N) is 6. The first-order valence-corrected chi connectivity index (χ1v) is 8.94. The summed E-state index contributed by atoms with van der Waals surface area (Å²) >= 11 is 0. The molecular formula is C19H18F3N7. The van der Waals surface area contributed by atoms with E-state index in [0.29, 0.717) is 18.1 Å². The zero-order valence-corrected chi connectivity index (χ0v) is 15.7. The average Bonchev–Trinajstić information content (AvgIpc) is 3.29. The molecule has 3 heterocycles. The number of rotatable bonds is 5. The van der Waals surface area contributed by atoms with Gasteiger partial charge >= 0.3 is 6.18 Å². The molecule has 150 valence electrons. The summed E-state index contributed by atoms with van der Waals surface area (Å²) in [5.41, 5.74) is 2.55. The van der Waals surface area contributed by atoms with Crippen LogP contribution in [-0.4, -0.2) is 29.4 Å². The summed E-state index contributed by atoms with van der Waals surface area (Å²) in [4.78, 5) is 7.53. The van der Waals surface area contributed by atoms with Crippen LogP contribution in [-0.2, 0) is 12.7 Å². The molecule has 0 radical (unpaired) electrons. The van der Waals surface area contributed by atoms with Crippen LogP contribution >= 0.6 is 0 Å². The predicted octanol–water partition coefficient (Wildman–Crippen LogP) is 3.87. The molecule has 0 saturated heterocycles. The lowest BCUT2D eigenvalue weighted by Gasteiger charge is -2.14. The van der Waals surface area contributed by atoms with Crippen molar-refractivity contribution in [1.82, 2.24) is 29.4 Å². The molecule has 0 bridgehead atoms. The van der Waals surface area contributed by atoms with Gasteiger partial charge in [-0.05, 0) is 19.4 Å². The second-order valence-corrected chi connectivity index (χ2v) is 6.75. The number of aryl methyl sites for hydroxylation is 1. The maximum atomic E-state index is 13.0. The van der Waals surface area contributed by atoms with E-state index >= 15 is 0 Å². The van der Waals surface area contributed by atoms with Crippen LogP contribution in [0.25, 0.3) is 5.78 Å². The Kier molecular flexibility index (Phi) is 4.69. The molecule has 0 saturated carbocycles. The fourth-order valence-corrected chi connectivity index (χ4v) is 2.98. The van der Waals surface area contributed by atoms with E-state index in [4.69, 9.17) is 0 Å². The van der Waals surface area contributed by atoms with Gasteiger partial charge in [-0.3, -0.25) is 4.68 Å². The second kappa shape index (κ2) is 7.19. The Labute approximate surface area is 164 Å². The summed E-state index contributed by atoms with van der Waals surface area (Å²) in [6.45, 7) is 4.22. The van der Waals surface area contributed by atoms with Crippen molar-refractivity contribution in [3.63, 3.8) is 0 Å². The first-order valence-electron chi connectivity index (χ1n) is 8.94. The average molecular weight is 401 g/mol. The predicted molar refractivity (Wildman–Crippen MR) is 100 cm³/mol. The van der Waals surface area contributed by atoms with Crippen LogP contribution < -0.4 is 5.32 Å². The molecule has 4 rings (SSSR count). The fraction of sp³-hybridized carbons (Fsp3) is 0.263. The van der Waals surface area contributed by atoms with E-state index < -0.39 is 12.0 Å². The van der Waals surface area contributed by atoms with E-state index in [1.807, 2.05) is 48.1 Å². The molecule has 1 N–H and O–H groups in total. The van der Waals surface area contributed by atoms with Gasteiger partial charge in [-0.15, -0.1) is 5.10 Å². The first-order chi connectivity index (χ1) is 13.8. The number of fused-ring (bicyclic) bond motifs is 1. The van der Waals surface area contributed by atoms with E-state index in [-0.39, 0.29) is 11.8 Å². The summed E-state index contributed by atoms with van der Waals surface area (Å²) in [5, 5.41) is 11.1. The van der Waals surface area contributed by atoms with Crippen LogP contribution in [0.5, 0.6) is 0 Å². The lowest BCUT2D eigenvalue weighted by Crippen LogP contribution is -2.12. The Balaban J connectivity index is 1.57. The Hall–Kier alpha value is -3.43. The Bertz CT molecular complexity index is 1130. The first kappa shape index (κ1) is 18.9. The normalized spacial score (nSPS) is 13.0. The molecule has 0 spiro atoms. The topological polar surface area (TPSA) is 72.9 Å². The molecule has 7 nitrogen and oxygen atoms in total. The van der Waals surface area contributed by atoms with Gasteiger partial charge in [0.15, 0.2) is 0 Å². The molecule has 1 unspecified atom stereocenters. The standard InChI is InChI=1S/C19H18F3N7/c1-12-8-16(29-18(24-12)26-17(27-29)19(20,21)22)25-13(2)15-9-23-28(11-15)10-14-6-4-3-5-7-14/h3-9,11,13,25H,10H2,1-2H3. The maximum Gasteiger partial charge on any atom is 0.453 e. The van der Waals surface area contributed by atoms with Crippen molar-refractivity contribution >= 4 is 11.6 Å². The molecule has 0 aliphatic carbocycles. The number of halogens is 3. The van der Waals surface area contributed by atoms with Gasteiger partial charge in [-0.25, -0.2) is 4.98 Å². The van der Waals surface area contributed by atoms with Crippen LogP contribution in [0.3, 0.4) is 0 Å². The molecule has 4 aromatic rings. The number of anilines is 1. The monoisotopic (exact) mass is 401 g/mol. The minimum atomic E-state index is -4.64. The molecule has 1 aromatic carbocycles. The Morgan fingerprint density at radius 3 is 2.62 bits per heavy atom. The third-order valence-corrected chi connectivity index (χ3v) is 4.40. The highest BCUT2D eigenvalue weighted by molar-refractivity contribution is 5.47. The molecule has 3 aromatic heterocycles. The zero-order valence-electron chi connectivity index (χ0n) is 15.7. The molecule has 29 heavy (non-hydrogen) atoms. The van der Waals surface area contributed by atoms with Crippen LogP contribution in [0, 0.1) is 6.92 Å². The lowest BCUT2D eigenvalue weighted by molar-refractivity contribution is -0.144. The van der Waals surface area contributed by atoms with Gasteiger partial charge in [0, 0.05) is 23.5 Å². The van der Waals surface area contributed by atoms with Gasteiger partial charge in [-0.1, -0.05) is 30.3 Å². The van der Waals surface area contributed by atoms with E-state index in [1.165, 1.54) is 0 Å². The summed E-state index contributed by atoms with van der Waals surface area (Å²) in [7, 11) is 0. The maximum absolute atomic E-state index is 13.0. The number of alkyl halides is 3. The van der Waals surface area contributed by atoms with E-state index in [0.717, 1.165) is 15.6 Å². The second-order valence-electron chi connectivity index (χ2n) is 6.75. The third kappa shape index (κ3) is 4.05. The van der Waals surface area contributed by atoms with Gasteiger partial charge in [-0.2, -0.15) is 27.8 Å². The van der Waals surface area contributed by atoms with Crippen molar-refractivity contribution in [2.45, 2.75) is 32.6 Å². The molecule has 0 aliphatic heterocycles. The number of hydrogen-bond donors (Lipinski definition) is 1. The van der Waals surface area contributed by atoms with Crippen molar-refractivity contribution in [2.75, 3.05) is 5.32 Å². The third-order valence-electron chi connectivity index (χ3n) is 4.40. The fourth-order valence-electron chi connectivity index (χ4n) is 2.98. The summed E-state index contributed by atoms with van der Waals surface area (Å²) in [6, 6.07) is 11.3. The van der Waals surface area contributed by atoms with Crippen LogP contribution in [0.15, 0.2) is 48.8 Å². The van der Waals surface area contributed by atoms with Crippen molar-refractivity contribution in [3.8, 4) is 0 Å². The molecule has 0 aliphatic rings. The number of aromatic nitrogens is 6. The lowest BCUT2D eigenvalue weighted by atomic mass is 10.2. The number of nitrogens with one attached hydrogen (secondary N) is 1. The van der Waals surface area contributed by atoms with Crippen molar-refractivity contribution in [1.29, 1.82) is 0 Å². The van der Waals surface area contributed by atoms with Crippen molar-refractivity contribution < 1.29 is 13.2 Å². The highest BCUT2D eigenvalue weighted by Crippen LogP contribution is 2.28. The Morgan fingerprint density at radius 2 is 1.90 bits per heavy atom. The summed E-state index contributed by atoms with van der Waals surface area (Å²) < 4.78 is 41.8. The zero-order chi connectivity index (χ0) is 20.6. The molecule has 10 heteroatoms. The molecule has 0 amide bonds. The van der Waals surface area contributed by atoms with Crippen molar-refractivity contribution in [3.05, 3.63) is 71.4 Å². The molecule has 0 fully saturated rings. The largest absolute Gasteiger partial charge is 0.453 e. The van der Waals surface area contributed by atoms with Gasteiger partial charge in [0.2, 0.25) is 0 Å². The summed E-state index contributed by atoms with van der Waals surface area (Å²) in [6.07, 6.45) is -1.00. The minimum Gasteiger partial charge on any atom is -0.363 e. The minimum absolute atomic E-state index is 0.105. The van der Waals surface area contributed by atoms with Crippen LogP contribution in [0.2, 0.25) is 0 Å². The smallest absolute Gasteiger partial charge is 0.363 e. The van der Waals surface area contributed by atoms with Crippen LogP contribution in [0.4, 0.5) is 19.0 Å². The van der Waals surface area contributed by atoms with E-state index in [2.05, 4.69) is 25.5 Å². The highest BCUT2D eigenvalue weighted by atomic mass is 19.4. The van der Waals surface area contributed by atoms with E-state index in [9.17, 15) is 13.2 Å². The SMILES string of the molecule is Cc1cc(NC(C)c2cnn(Cc3ccccc3)c2)n2nc(C(F)(F)F)nc2n1. The highest BCUT2D eigenvalue weighted by Gasteiger charge is 2.37. The number of benzene rings is 1. The van der Waals surface area contributed by atoms with Gasteiger partial charge in [0.25, 0.3) is 11.6 Å². The van der Waals surface area contributed by atoms with Crippen LogP contribution in [0.1, 0.15) is 35.6 Å². The number of hydrogen-bond acceptors (Lipinski definition) is 5.